The molecular weight excluding hydrogens is 226 g/mol. The average molecular weight is 247 g/mol. The molecule has 0 rings (SSSR count). The van der Waals surface area contributed by atoms with Gasteiger partial charge in [0, 0.05) is 25.9 Å². The minimum Gasteiger partial charge on any atom is -0.469 e. The van der Waals surface area contributed by atoms with Crippen molar-refractivity contribution in [3.8, 4) is 0 Å². The normalized spacial score (nSPS) is 13.1. The monoisotopic (exact) mass is 247 g/mol. The topological polar surface area (TPSA) is 62.7 Å². The van der Waals surface area contributed by atoms with E-state index < -0.39 is 0 Å². The van der Waals surface area contributed by atoms with Crippen molar-refractivity contribution in [3.05, 3.63) is 0 Å². The molecule has 2 N–H and O–H groups in total. The Bertz CT molecular complexity index is 234. The summed E-state index contributed by atoms with van der Waals surface area (Å²) >= 11 is 1.77. The maximum Gasteiger partial charge on any atom is 0.310 e. The molecule has 0 aromatic rings. The number of hydrogen-bond acceptors (Lipinski definition) is 4. The summed E-state index contributed by atoms with van der Waals surface area (Å²) in [5, 5.41) is 6.22. The van der Waals surface area contributed by atoms with Crippen LogP contribution in [0.2, 0.25) is 0 Å². The van der Waals surface area contributed by atoms with Gasteiger partial charge < -0.3 is 15.4 Å². The van der Waals surface area contributed by atoms with Gasteiger partial charge in [-0.25, -0.2) is 0 Å². The zero-order valence-corrected chi connectivity index (χ0v) is 11.2. The highest BCUT2D eigenvalue weighted by atomic mass is 32.2. The Kier molecular flexibility index (Phi) is 8.80. The first-order valence-corrected chi connectivity index (χ1v) is 6.56. The van der Waals surface area contributed by atoms with Gasteiger partial charge in [0.15, 0.2) is 5.96 Å². The number of thioether (sulfide) groups is 1. The first kappa shape index (κ1) is 15.1. The van der Waals surface area contributed by atoms with Crippen molar-refractivity contribution in [2.45, 2.75) is 6.92 Å². The summed E-state index contributed by atoms with van der Waals surface area (Å²) in [5.74, 6) is 1.34. The van der Waals surface area contributed by atoms with E-state index in [9.17, 15) is 4.79 Å². The Labute approximate surface area is 101 Å². The lowest BCUT2D eigenvalue weighted by atomic mass is 10.2. The van der Waals surface area contributed by atoms with E-state index in [1.54, 1.807) is 18.8 Å². The molecule has 5 nitrogen and oxygen atoms in total. The van der Waals surface area contributed by atoms with Gasteiger partial charge in [-0.3, -0.25) is 9.79 Å². The standard InChI is InChI=1S/C10H21N3O2S/c1-8(9(14)15-3)7-13-10(11-2)12-5-6-16-4/h8H,5-7H2,1-4H3,(H2,11,12,13). The number of guanidine groups is 1. The third-order valence-corrected chi connectivity index (χ3v) is 2.61. The van der Waals surface area contributed by atoms with Gasteiger partial charge >= 0.3 is 5.97 Å². The van der Waals surface area contributed by atoms with Crippen molar-refractivity contribution in [1.29, 1.82) is 0 Å². The SMILES string of the molecule is CN=C(NCCSC)NCC(C)C(=O)OC. The molecule has 0 fully saturated rings. The molecule has 0 aliphatic rings. The second-order valence-electron chi connectivity index (χ2n) is 3.30. The van der Waals surface area contributed by atoms with E-state index in [0.29, 0.717) is 12.5 Å². The number of nitrogens with one attached hydrogen (secondary N) is 2. The van der Waals surface area contributed by atoms with Crippen molar-refractivity contribution < 1.29 is 9.53 Å². The van der Waals surface area contributed by atoms with Crippen molar-refractivity contribution in [1.82, 2.24) is 10.6 Å². The highest BCUT2D eigenvalue weighted by molar-refractivity contribution is 7.98. The molecule has 0 aromatic carbocycles. The summed E-state index contributed by atoms with van der Waals surface area (Å²) in [7, 11) is 3.10. The highest BCUT2D eigenvalue weighted by Gasteiger charge is 2.12. The van der Waals surface area contributed by atoms with Gasteiger partial charge in [-0.05, 0) is 6.26 Å². The highest BCUT2D eigenvalue weighted by Crippen LogP contribution is 1.94. The molecule has 0 bridgehead atoms. The van der Waals surface area contributed by atoms with Crippen molar-refractivity contribution >= 4 is 23.7 Å². The Morgan fingerprint density at radius 1 is 1.50 bits per heavy atom. The predicted molar refractivity (Wildman–Crippen MR) is 68.9 cm³/mol. The van der Waals surface area contributed by atoms with Gasteiger partial charge in [-0.2, -0.15) is 11.8 Å². The number of nitrogens with zero attached hydrogens (tertiary/aromatic N) is 1. The Morgan fingerprint density at radius 2 is 2.19 bits per heavy atom. The van der Waals surface area contributed by atoms with Gasteiger partial charge in [-0.15, -0.1) is 0 Å². The Hall–Kier alpha value is -0.910. The van der Waals surface area contributed by atoms with Crippen LogP contribution in [0.1, 0.15) is 6.92 Å². The van der Waals surface area contributed by atoms with Crippen LogP contribution in [0.15, 0.2) is 4.99 Å². The Balaban J connectivity index is 3.83. The summed E-state index contributed by atoms with van der Waals surface area (Å²) in [6, 6.07) is 0. The second kappa shape index (κ2) is 9.33. The lowest BCUT2D eigenvalue weighted by molar-refractivity contribution is -0.144. The van der Waals surface area contributed by atoms with E-state index in [2.05, 4.69) is 26.6 Å². The Morgan fingerprint density at radius 3 is 2.69 bits per heavy atom. The summed E-state index contributed by atoms with van der Waals surface area (Å²) < 4.78 is 4.63. The molecule has 0 spiro atoms. The quantitative estimate of drug-likeness (QED) is 0.306. The molecule has 94 valence electrons. The number of ether oxygens (including phenoxy) is 1. The van der Waals surface area contributed by atoms with Crippen LogP contribution in [0.3, 0.4) is 0 Å². The predicted octanol–water partition coefficient (Wildman–Crippen LogP) is 0.324. The zero-order chi connectivity index (χ0) is 12.4. The van der Waals surface area contributed by atoms with Gasteiger partial charge in [0.2, 0.25) is 0 Å². The van der Waals surface area contributed by atoms with Crippen molar-refractivity contribution in [3.63, 3.8) is 0 Å². The van der Waals surface area contributed by atoms with Crippen LogP contribution in [0.5, 0.6) is 0 Å². The van der Waals surface area contributed by atoms with Crippen molar-refractivity contribution in [2.24, 2.45) is 10.9 Å². The molecule has 0 aliphatic carbocycles. The zero-order valence-electron chi connectivity index (χ0n) is 10.4. The molecule has 0 aliphatic heterocycles. The van der Waals surface area contributed by atoms with Crippen LogP contribution in [0, 0.1) is 5.92 Å². The molecule has 0 amide bonds. The van der Waals surface area contributed by atoms with E-state index in [1.165, 1.54) is 7.11 Å². The fourth-order valence-electron chi connectivity index (χ4n) is 1.03. The maximum atomic E-state index is 11.1. The van der Waals surface area contributed by atoms with E-state index in [1.807, 2.05) is 6.92 Å². The first-order chi connectivity index (χ1) is 7.65. The minimum atomic E-state index is -0.216. The summed E-state index contributed by atoms with van der Waals surface area (Å²) in [6.45, 7) is 3.19. The largest absolute Gasteiger partial charge is 0.469 e. The van der Waals surface area contributed by atoms with Crippen LogP contribution in [-0.4, -0.2) is 51.2 Å². The molecule has 16 heavy (non-hydrogen) atoms. The molecule has 0 aromatic heterocycles. The number of rotatable bonds is 6. The number of carbonyl (C=O) groups excluding carboxylic acids is 1. The summed E-state index contributed by atoms with van der Waals surface area (Å²) in [5.41, 5.74) is 0. The van der Waals surface area contributed by atoms with Crippen LogP contribution in [0.4, 0.5) is 0 Å². The summed E-state index contributed by atoms with van der Waals surface area (Å²) in [6.07, 6.45) is 2.05. The lowest BCUT2D eigenvalue weighted by Crippen LogP contribution is -2.41. The van der Waals surface area contributed by atoms with E-state index in [0.717, 1.165) is 12.3 Å². The van der Waals surface area contributed by atoms with E-state index in [4.69, 9.17) is 0 Å². The molecule has 1 atom stereocenters. The maximum absolute atomic E-state index is 11.1. The summed E-state index contributed by atoms with van der Waals surface area (Å²) in [4.78, 5) is 15.2. The van der Waals surface area contributed by atoms with Gasteiger partial charge in [-0.1, -0.05) is 6.92 Å². The number of aliphatic imine (C=N–C) groups is 1. The number of carbonyl (C=O) groups is 1. The molecule has 0 radical (unpaired) electrons. The van der Waals surface area contributed by atoms with E-state index in [-0.39, 0.29) is 11.9 Å². The third kappa shape index (κ3) is 6.55. The average Bonchev–Trinajstić information content (AvgIpc) is 2.32. The molecule has 6 heteroatoms. The fraction of sp³-hybridized carbons (Fsp3) is 0.800. The number of esters is 1. The molecule has 0 saturated carbocycles. The lowest BCUT2D eigenvalue weighted by Gasteiger charge is -2.14. The molecular formula is C10H21N3O2S. The van der Waals surface area contributed by atoms with Gasteiger partial charge in [0.1, 0.15) is 0 Å². The molecule has 1 unspecified atom stereocenters. The first-order valence-electron chi connectivity index (χ1n) is 5.17. The molecule has 0 heterocycles. The molecule has 0 saturated heterocycles. The fourth-order valence-corrected chi connectivity index (χ4v) is 1.33. The van der Waals surface area contributed by atoms with Gasteiger partial charge in [0.05, 0.1) is 13.0 Å². The van der Waals surface area contributed by atoms with Gasteiger partial charge in [0.25, 0.3) is 0 Å². The van der Waals surface area contributed by atoms with Crippen LogP contribution >= 0.6 is 11.8 Å². The van der Waals surface area contributed by atoms with Crippen LogP contribution in [-0.2, 0) is 9.53 Å². The van der Waals surface area contributed by atoms with Crippen LogP contribution in [0.25, 0.3) is 0 Å². The third-order valence-electron chi connectivity index (χ3n) is 2.00. The number of hydrogen-bond donors (Lipinski definition) is 2. The second-order valence-corrected chi connectivity index (χ2v) is 4.28. The smallest absolute Gasteiger partial charge is 0.310 e. The van der Waals surface area contributed by atoms with Crippen LogP contribution < -0.4 is 10.6 Å². The van der Waals surface area contributed by atoms with Crippen molar-refractivity contribution in [2.75, 3.05) is 39.3 Å². The number of methoxy groups -OCH3 is 1. The van der Waals surface area contributed by atoms with E-state index >= 15 is 0 Å². The minimum absolute atomic E-state index is 0.177.